The van der Waals surface area contributed by atoms with Crippen molar-refractivity contribution < 1.29 is 4.79 Å². The van der Waals surface area contributed by atoms with E-state index >= 15 is 0 Å². The van der Waals surface area contributed by atoms with Gasteiger partial charge in [-0.3, -0.25) is 9.78 Å². The third-order valence-corrected chi connectivity index (χ3v) is 6.22. The molecule has 0 atom stereocenters. The highest BCUT2D eigenvalue weighted by Gasteiger charge is 2.20. The molecular weight excluding hydrogens is 400 g/mol. The van der Waals surface area contributed by atoms with E-state index in [1.807, 2.05) is 47.4 Å². The van der Waals surface area contributed by atoms with Crippen molar-refractivity contribution in [2.75, 3.05) is 44.2 Å². The predicted molar refractivity (Wildman–Crippen MR) is 124 cm³/mol. The molecule has 3 aromatic rings. The molecule has 0 spiro atoms. The highest BCUT2D eigenvalue weighted by molar-refractivity contribution is 5.95. The van der Waals surface area contributed by atoms with Crippen molar-refractivity contribution in [2.24, 2.45) is 0 Å². The molecule has 1 aromatic carbocycles. The number of amides is 1. The molecule has 2 N–H and O–H groups in total. The minimum Gasteiger partial charge on any atom is -0.355 e. The van der Waals surface area contributed by atoms with E-state index in [1.165, 1.54) is 0 Å². The Kier molecular flexibility index (Phi) is 5.61. The number of hydrogen-bond donors (Lipinski definition) is 2. The van der Waals surface area contributed by atoms with Gasteiger partial charge in [-0.15, -0.1) is 0 Å². The summed E-state index contributed by atoms with van der Waals surface area (Å²) in [6.07, 6.45) is 3.93. The molecule has 0 saturated carbocycles. The van der Waals surface area contributed by atoms with Crippen molar-refractivity contribution in [3.8, 4) is 28.6 Å². The number of nitriles is 1. The predicted octanol–water partition coefficient (Wildman–Crippen LogP) is 3.26. The molecular formula is C25H26N6O. The first-order valence-corrected chi connectivity index (χ1v) is 11.2. The summed E-state index contributed by atoms with van der Waals surface area (Å²) >= 11 is 0. The first-order valence-electron chi connectivity index (χ1n) is 11.2. The van der Waals surface area contributed by atoms with E-state index in [9.17, 15) is 10.1 Å². The number of anilines is 1. The minimum absolute atomic E-state index is 0.0872. The highest BCUT2D eigenvalue weighted by atomic mass is 16.2. The molecule has 0 bridgehead atoms. The van der Waals surface area contributed by atoms with Gasteiger partial charge in [0.2, 0.25) is 0 Å². The number of hydrogen-bond acceptors (Lipinski definition) is 5. The molecule has 2 aromatic heterocycles. The number of nitrogens with one attached hydrogen (secondary N) is 2. The molecule has 2 saturated heterocycles. The average molecular weight is 427 g/mol. The lowest BCUT2D eigenvalue weighted by Gasteiger charge is -2.28. The maximum atomic E-state index is 12.8. The fourth-order valence-corrected chi connectivity index (χ4v) is 4.49. The van der Waals surface area contributed by atoms with Crippen LogP contribution in [0.4, 0.5) is 5.82 Å². The summed E-state index contributed by atoms with van der Waals surface area (Å²) in [4.78, 5) is 24.9. The van der Waals surface area contributed by atoms with Gasteiger partial charge < -0.3 is 20.1 Å². The SMILES string of the molecule is N#Cc1cc(-c2ccnc(-c3cccc(C(=O)N4CCCC4)c3)c2)[nH]c1N1CCNCC1. The Morgan fingerprint density at radius 2 is 1.81 bits per heavy atom. The van der Waals surface area contributed by atoms with Crippen molar-refractivity contribution in [3.05, 3.63) is 59.8 Å². The number of nitrogens with zero attached hydrogens (tertiary/aromatic N) is 4. The topological polar surface area (TPSA) is 88.0 Å². The van der Waals surface area contributed by atoms with Crippen LogP contribution >= 0.6 is 0 Å². The van der Waals surface area contributed by atoms with Crippen molar-refractivity contribution in [3.63, 3.8) is 0 Å². The number of pyridine rings is 1. The molecule has 32 heavy (non-hydrogen) atoms. The lowest BCUT2D eigenvalue weighted by atomic mass is 10.0. The van der Waals surface area contributed by atoms with E-state index in [4.69, 9.17) is 0 Å². The summed E-state index contributed by atoms with van der Waals surface area (Å²) < 4.78 is 0. The number of aromatic nitrogens is 2. The summed E-state index contributed by atoms with van der Waals surface area (Å²) in [6, 6.07) is 15.9. The number of piperazine rings is 1. The van der Waals surface area contributed by atoms with E-state index < -0.39 is 0 Å². The summed E-state index contributed by atoms with van der Waals surface area (Å²) in [6.45, 7) is 5.22. The van der Waals surface area contributed by atoms with E-state index in [-0.39, 0.29) is 5.91 Å². The zero-order chi connectivity index (χ0) is 21.9. The largest absolute Gasteiger partial charge is 0.355 e. The smallest absolute Gasteiger partial charge is 0.253 e. The number of carbonyl (C=O) groups is 1. The number of benzene rings is 1. The normalized spacial score (nSPS) is 16.2. The van der Waals surface area contributed by atoms with Gasteiger partial charge in [-0.2, -0.15) is 5.26 Å². The molecule has 0 radical (unpaired) electrons. The van der Waals surface area contributed by atoms with Crippen LogP contribution in [0, 0.1) is 11.3 Å². The highest BCUT2D eigenvalue weighted by Crippen LogP contribution is 2.30. The number of carbonyl (C=O) groups excluding carboxylic acids is 1. The molecule has 0 aliphatic carbocycles. The summed E-state index contributed by atoms with van der Waals surface area (Å²) in [5, 5.41) is 13.0. The van der Waals surface area contributed by atoms with Crippen LogP contribution in [0.25, 0.3) is 22.5 Å². The quantitative estimate of drug-likeness (QED) is 0.669. The van der Waals surface area contributed by atoms with Gasteiger partial charge in [0.05, 0.1) is 11.3 Å². The maximum absolute atomic E-state index is 12.8. The first-order chi connectivity index (χ1) is 15.7. The Hall–Kier alpha value is -3.63. The third-order valence-electron chi connectivity index (χ3n) is 6.22. The standard InChI is InChI=1S/C25H26N6O/c26-17-21-16-23(29-24(21)30-12-8-27-9-13-30)19-6-7-28-22(15-19)18-4-3-5-20(14-18)25(32)31-10-1-2-11-31/h3-7,14-16,27,29H,1-2,8-13H2. The van der Waals surface area contributed by atoms with Gasteiger partial charge in [0.1, 0.15) is 11.9 Å². The Balaban J connectivity index is 1.44. The molecule has 2 aliphatic heterocycles. The number of likely N-dealkylation sites (tertiary alicyclic amines) is 1. The number of H-pyrrole nitrogens is 1. The molecule has 2 aliphatic rings. The molecule has 4 heterocycles. The van der Waals surface area contributed by atoms with E-state index in [2.05, 4.69) is 26.3 Å². The fourth-order valence-electron chi connectivity index (χ4n) is 4.49. The summed E-state index contributed by atoms with van der Waals surface area (Å²) in [5.41, 5.74) is 4.91. The van der Waals surface area contributed by atoms with Crippen LogP contribution in [0.15, 0.2) is 48.7 Å². The third kappa shape index (κ3) is 3.97. The van der Waals surface area contributed by atoms with Gasteiger partial charge in [-0.25, -0.2) is 0 Å². The summed E-state index contributed by atoms with van der Waals surface area (Å²) in [7, 11) is 0. The summed E-state index contributed by atoms with van der Waals surface area (Å²) in [5.74, 6) is 0.963. The van der Waals surface area contributed by atoms with Crippen molar-refractivity contribution in [1.82, 2.24) is 20.2 Å². The Labute approximate surface area is 187 Å². The van der Waals surface area contributed by atoms with Crippen molar-refractivity contribution in [2.45, 2.75) is 12.8 Å². The number of rotatable bonds is 4. The van der Waals surface area contributed by atoms with Gasteiger partial charge in [-0.05, 0) is 43.2 Å². The van der Waals surface area contributed by atoms with Gasteiger partial charge in [-0.1, -0.05) is 12.1 Å². The van der Waals surface area contributed by atoms with Crippen LogP contribution in [0.1, 0.15) is 28.8 Å². The molecule has 0 unspecified atom stereocenters. The van der Waals surface area contributed by atoms with Gasteiger partial charge >= 0.3 is 0 Å². The second kappa shape index (κ2) is 8.85. The Morgan fingerprint density at radius 3 is 2.59 bits per heavy atom. The first kappa shape index (κ1) is 20.3. The van der Waals surface area contributed by atoms with Gasteiger partial charge in [0, 0.05) is 67.8 Å². The Bertz CT molecular complexity index is 1170. The van der Waals surface area contributed by atoms with Gasteiger partial charge in [0.25, 0.3) is 5.91 Å². The van der Waals surface area contributed by atoms with Crippen LogP contribution in [-0.4, -0.2) is 60.0 Å². The van der Waals surface area contributed by atoms with Crippen molar-refractivity contribution >= 4 is 11.7 Å². The maximum Gasteiger partial charge on any atom is 0.253 e. The van der Waals surface area contributed by atoms with Crippen LogP contribution in [-0.2, 0) is 0 Å². The number of aromatic amines is 1. The second-order valence-electron chi connectivity index (χ2n) is 8.30. The molecule has 5 rings (SSSR count). The van der Waals surface area contributed by atoms with E-state index in [1.54, 1.807) is 6.20 Å². The molecule has 7 nitrogen and oxygen atoms in total. The monoisotopic (exact) mass is 426 g/mol. The van der Waals surface area contributed by atoms with Crippen LogP contribution < -0.4 is 10.2 Å². The van der Waals surface area contributed by atoms with E-state index in [0.29, 0.717) is 11.1 Å². The zero-order valence-electron chi connectivity index (χ0n) is 18.0. The second-order valence-corrected chi connectivity index (χ2v) is 8.30. The lowest BCUT2D eigenvalue weighted by Crippen LogP contribution is -2.44. The van der Waals surface area contributed by atoms with Gasteiger partial charge in [0.15, 0.2) is 0 Å². The average Bonchev–Trinajstić information content (AvgIpc) is 3.55. The molecule has 7 heteroatoms. The lowest BCUT2D eigenvalue weighted by molar-refractivity contribution is 0.0793. The van der Waals surface area contributed by atoms with Crippen LogP contribution in [0.5, 0.6) is 0 Å². The minimum atomic E-state index is 0.0872. The molecule has 2 fully saturated rings. The zero-order valence-corrected chi connectivity index (χ0v) is 18.0. The van der Waals surface area contributed by atoms with Crippen LogP contribution in [0.2, 0.25) is 0 Å². The fraction of sp³-hybridized carbons (Fsp3) is 0.320. The molecule has 1 amide bonds. The Morgan fingerprint density at radius 1 is 1.00 bits per heavy atom. The van der Waals surface area contributed by atoms with Crippen molar-refractivity contribution in [1.29, 1.82) is 5.26 Å². The van der Waals surface area contributed by atoms with E-state index in [0.717, 1.165) is 80.4 Å². The molecule has 162 valence electrons. The van der Waals surface area contributed by atoms with Crippen LogP contribution in [0.3, 0.4) is 0 Å².